The van der Waals surface area contributed by atoms with Crippen molar-refractivity contribution in [2.75, 3.05) is 13.1 Å². The number of hydrogen-bond donors (Lipinski definition) is 1. The molecule has 0 spiro atoms. The molecule has 0 fully saturated rings. The third-order valence-electron chi connectivity index (χ3n) is 4.74. The Bertz CT molecular complexity index is 908. The maximum absolute atomic E-state index is 11.2. The van der Waals surface area contributed by atoms with Crippen LogP contribution in [0.3, 0.4) is 0 Å². The Morgan fingerprint density at radius 3 is 2.11 bits per heavy atom. The van der Waals surface area contributed by atoms with Crippen LogP contribution in [0.25, 0.3) is 6.08 Å². The first-order chi connectivity index (χ1) is 13.7. The van der Waals surface area contributed by atoms with Gasteiger partial charge in [0.05, 0.1) is 23.6 Å². The molecule has 4 heteroatoms. The third-order valence-corrected chi connectivity index (χ3v) is 4.74. The third kappa shape index (κ3) is 5.89. The first-order valence-electron chi connectivity index (χ1n) is 9.54. The lowest BCUT2D eigenvalue weighted by atomic mass is 10.1. The Balaban J connectivity index is 1.68. The van der Waals surface area contributed by atoms with E-state index in [1.165, 1.54) is 16.0 Å². The number of nitro groups is 1. The molecule has 0 amide bonds. The number of hydrogen-bond acceptors (Lipinski definition) is 2. The molecule has 142 valence electrons. The van der Waals surface area contributed by atoms with Crippen LogP contribution in [-0.2, 0) is 13.0 Å². The van der Waals surface area contributed by atoms with E-state index in [4.69, 9.17) is 0 Å². The van der Waals surface area contributed by atoms with Gasteiger partial charge in [0.1, 0.15) is 6.54 Å². The zero-order valence-corrected chi connectivity index (χ0v) is 15.8. The Kier molecular flexibility index (Phi) is 7.10. The molecule has 28 heavy (non-hydrogen) atoms. The summed E-state index contributed by atoms with van der Waals surface area (Å²) in [6.45, 7) is 2.74. The fraction of sp³-hybridized carbons (Fsp3) is 0.167. The Morgan fingerprint density at radius 1 is 0.821 bits per heavy atom. The van der Waals surface area contributed by atoms with E-state index in [2.05, 4.69) is 48.5 Å². The van der Waals surface area contributed by atoms with Gasteiger partial charge in [0, 0.05) is 18.1 Å². The van der Waals surface area contributed by atoms with Crippen LogP contribution in [0.2, 0.25) is 0 Å². The summed E-state index contributed by atoms with van der Waals surface area (Å²) in [5, 5.41) is 11.2. The molecule has 0 heterocycles. The second kappa shape index (κ2) is 10.2. The topological polar surface area (TPSA) is 47.6 Å². The average Bonchev–Trinajstić information content (AvgIpc) is 2.73. The normalized spacial score (nSPS) is 12.1. The molecule has 0 aliphatic rings. The van der Waals surface area contributed by atoms with E-state index in [1.807, 2.05) is 30.4 Å². The second-order valence-corrected chi connectivity index (χ2v) is 6.82. The van der Waals surface area contributed by atoms with Crippen LogP contribution in [0.15, 0.2) is 91.0 Å². The molecule has 3 aromatic carbocycles. The van der Waals surface area contributed by atoms with Crippen LogP contribution in [0.5, 0.6) is 0 Å². The van der Waals surface area contributed by atoms with Crippen LogP contribution in [0, 0.1) is 10.1 Å². The molecule has 4 nitrogen and oxygen atoms in total. The summed E-state index contributed by atoms with van der Waals surface area (Å²) in [5.74, 6) is 0. The maximum Gasteiger partial charge on any atom is 0.276 e. The van der Waals surface area contributed by atoms with E-state index in [0.717, 1.165) is 26.1 Å². The van der Waals surface area contributed by atoms with Gasteiger partial charge in [0.2, 0.25) is 0 Å². The fourth-order valence-corrected chi connectivity index (χ4v) is 3.26. The lowest BCUT2D eigenvalue weighted by molar-refractivity contribution is -0.907. The number of para-hydroxylation sites is 1. The molecule has 0 aliphatic heterocycles. The molecular weight excluding hydrogens is 348 g/mol. The van der Waals surface area contributed by atoms with Crippen LogP contribution >= 0.6 is 0 Å². The van der Waals surface area contributed by atoms with Crippen LogP contribution in [0.4, 0.5) is 5.69 Å². The highest BCUT2D eigenvalue weighted by atomic mass is 16.6. The molecule has 0 saturated heterocycles. The number of nitrogens with zero attached hydrogens (tertiary/aromatic N) is 1. The standard InChI is InChI=1S/C24H24N2O2/c27-26(28)24-16-8-7-14-23(24)15-9-18-25(20-22-12-5-2-6-13-22)19-17-21-10-3-1-4-11-21/h1-16H,17-20H2/p+1/b15-9+. The van der Waals surface area contributed by atoms with E-state index >= 15 is 0 Å². The van der Waals surface area contributed by atoms with Crippen molar-refractivity contribution in [3.8, 4) is 0 Å². The van der Waals surface area contributed by atoms with Crippen LogP contribution < -0.4 is 4.90 Å². The maximum atomic E-state index is 11.2. The number of nitro benzene ring substituents is 1. The smallest absolute Gasteiger partial charge is 0.276 e. The van der Waals surface area contributed by atoms with Gasteiger partial charge in [-0.15, -0.1) is 0 Å². The lowest BCUT2D eigenvalue weighted by Crippen LogP contribution is -3.10. The van der Waals surface area contributed by atoms with Gasteiger partial charge in [0.25, 0.3) is 5.69 Å². The van der Waals surface area contributed by atoms with Crippen molar-refractivity contribution >= 4 is 11.8 Å². The van der Waals surface area contributed by atoms with Crippen molar-refractivity contribution in [3.63, 3.8) is 0 Å². The van der Waals surface area contributed by atoms with Crippen molar-refractivity contribution in [2.24, 2.45) is 0 Å². The van der Waals surface area contributed by atoms with Gasteiger partial charge in [-0.3, -0.25) is 10.1 Å². The quantitative estimate of drug-likeness (QED) is 0.456. The average molecular weight is 373 g/mol. The zero-order chi connectivity index (χ0) is 19.6. The van der Waals surface area contributed by atoms with Gasteiger partial charge in [-0.05, 0) is 23.8 Å². The minimum atomic E-state index is -0.330. The van der Waals surface area contributed by atoms with E-state index in [0.29, 0.717) is 5.56 Å². The summed E-state index contributed by atoms with van der Waals surface area (Å²) in [5.41, 5.74) is 3.42. The Labute approximate surface area is 165 Å². The van der Waals surface area contributed by atoms with Crippen molar-refractivity contribution in [1.29, 1.82) is 0 Å². The molecule has 0 saturated carbocycles. The monoisotopic (exact) mass is 373 g/mol. The predicted molar refractivity (Wildman–Crippen MR) is 113 cm³/mol. The van der Waals surface area contributed by atoms with Crippen LogP contribution in [0.1, 0.15) is 16.7 Å². The SMILES string of the molecule is O=[N+]([O-])c1ccccc1/C=C/C[NH+](CCc1ccccc1)Cc1ccccc1. The van der Waals surface area contributed by atoms with Crippen molar-refractivity contribution in [2.45, 2.75) is 13.0 Å². The minimum absolute atomic E-state index is 0.146. The summed E-state index contributed by atoms with van der Waals surface area (Å²) in [7, 11) is 0. The summed E-state index contributed by atoms with van der Waals surface area (Å²) >= 11 is 0. The minimum Gasteiger partial charge on any atom is -0.328 e. The molecule has 3 rings (SSSR count). The summed E-state index contributed by atoms with van der Waals surface area (Å²) in [6, 6.07) is 27.8. The molecule has 3 aromatic rings. The molecule has 0 bridgehead atoms. The highest BCUT2D eigenvalue weighted by Crippen LogP contribution is 2.18. The molecule has 1 N–H and O–H groups in total. The molecular formula is C24H25N2O2+. The number of rotatable bonds is 9. The first-order valence-corrected chi connectivity index (χ1v) is 9.54. The predicted octanol–water partition coefficient (Wildman–Crippen LogP) is 3.94. The van der Waals surface area contributed by atoms with Gasteiger partial charge in [-0.2, -0.15) is 0 Å². The molecule has 0 radical (unpaired) electrons. The number of quaternary nitrogens is 1. The summed E-state index contributed by atoms with van der Waals surface area (Å²) < 4.78 is 0. The van der Waals surface area contributed by atoms with E-state index < -0.39 is 0 Å². The first kappa shape index (κ1) is 19.5. The van der Waals surface area contributed by atoms with E-state index in [-0.39, 0.29) is 10.6 Å². The molecule has 0 aliphatic carbocycles. The zero-order valence-electron chi connectivity index (χ0n) is 15.8. The fourth-order valence-electron chi connectivity index (χ4n) is 3.26. The molecule has 1 atom stereocenters. The van der Waals surface area contributed by atoms with Gasteiger partial charge in [-0.1, -0.05) is 72.8 Å². The Hall–Kier alpha value is -3.24. The lowest BCUT2D eigenvalue weighted by Gasteiger charge is -2.18. The van der Waals surface area contributed by atoms with Gasteiger partial charge < -0.3 is 4.90 Å². The molecule has 0 aromatic heterocycles. The van der Waals surface area contributed by atoms with E-state index in [9.17, 15) is 10.1 Å². The highest BCUT2D eigenvalue weighted by Gasteiger charge is 2.11. The van der Waals surface area contributed by atoms with Gasteiger partial charge in [0.15, 0.2) is 0 Å². The number of benzene rings is 3. The summed E-state index contributed by atoms with van der Waals surface area (Å²) in [6.07, 6.45) is 4.92. The van der Waals surface area contributed by atoms with Gasteiger partial charge in [-0.25, -0.2) is 0 Å². The van der Waals surface area contributed by atoms with Crippen molar-refractivity contribution in [3.05, 3.63) is 118 Å². The highest BCUT2D eigenvalue weighted by molar-refractivity contribution is 5.60. The van der Waals surface area contributed by atoms with Gasteiger partial charge >= 0.3 is 0 Å². The largest absolute Gasteiger partial charge is 0.328 e. The van der Waals surface area contributed by atoms with Crippen molar-refractivity contribution < 1.29 is 9.82 Å². The number of nitrogens with one attached hydrogen (secondary N) is 1. The van der Waals surface area contributed by atoms with Crippen molar-refractivity contribution in [1.82, 2.24) is 0 Å². The Morgan fingerprint density at radius 2 is 1.43 bits per heavy atom. The van der Waals surface area contributed by atoms with Crippen LogP contribution in [-0.4, -0.2) is 18.0 Å². The van der Waals surface area contributed by atoms with E-state index in [1.54, 1.807) is 18.2 Å². The summed E-state index contributed by atoms with van der Waals surface area (Å²) in [4.78, 5) is 12.3. The molecule has 1 unspecified atom stereocenters. The second-order valence-electron chi connectivity index (χ2n) is 6.82.